The van der Waals surface area contributed by atoms with Gasteiger partial charge in [0.2, 0.25) is 0 Å². The van der Waals surface area contributed by atoms with Crippen molar-refractivity contribution in [1.29, 1.82) is 0 Å². The molecule has 1 aromatic carbocycles. The fraction of sp³-hybridized carbons (Fsp3) is 0.500. The van der Waals surface area contributed by atoms with Crippen LogP contribution < -0.4 is 5.69 Å². The van der Waals surface area contributed by atoms with Gasteiger partial charge in [-0.2, -0.15) is 0 Å². The Morgan fingerprint density at radius 3 is 2.36 bits per heavy atom. The number of aromatic amines is 1. The molecule has 0 bridgehead atoms. The Morgan fingerprint density at radius 1 is 1.18 bits per heavy atom. The van der Waals surface area contributed by atoms with E-state index in [0.29, 0.717) is 16.6 Å². The number of H-pyrrole nitrogens is 1. The van der Waals surface area contributed by atoms with Crippen LogP contribution in [0.25, 0.3) is 0 Å². The molecule has 0 radical (unpaired) electrons. The highest BCUT2D eigenvalue weighted by molar-refractivity contribution is 7.71. The highest BCUT2D eigenvalue weighted by Gasteiger charge is 2.43. The van der Waals surface area contributed by atoms with E-state index < -0.39 is 36.8 Å². The molecule has 1 aliphatic rings. The van der Waals surface area contributed by atoms with Crippen molar-refractivity contribution in [2.75, 3.05) is 6.61 Å². The lowest BCUT2D eigenvalue weighted by atomic mass is 9.86. The van der Waals surface area contributed by atoms with Crippen LogP contribution >= 0.6 is 12.2 Å². The van der Waals surface area contributed by atoms with Crippen molar-refractivity contribution in [1.82, 2.24) is 9.55 Å². The highest BCUT2D eigenvalue weighted by atomic mass is 32.1. The molecule has 7 nitrogen and oxygen atoms in total. The van der Waals surface area contributed by atoms with Gasteiger partial charge in [0.05, 0.1) is 6.61 Å². The number of aromatic nitrogens is 2. The molecular weight excluding hydrogens is 380 g/mol. The number of ether oxygens (including phenoxy) is 1. The maximum absolute atomic E-state index is 12.3. The summed E-state index contributed by atoms with van der Waals surface area (Å²) in [5.41, 5.74) is 2.45. The summed E-state index contributed by atoms with van der Waals surface area (Å²) < 4.78 is 6.95. The minimum atomic E-state index is -1.34. The lowest BCUT2D eigenvalue weighted by molar-refractivity contribution is -0.0551. The zero-order valence-electron chi connectivity index (χ0n) is 16.1. The second-order valence-electron chi connectivity index (χ2n) is 8.17. The van der Waals surface area contributed by atoms with E-state index in [2.05, 4.69) is 37.9 Å². The number of hydrogen-bond acceptors (Lipinski definition) is 6. The summed E-state index contributed by atoms with van der Waals surface area (Å²) in [5.74, 6) is 0. The number of nitrogens with zero attached hydrogens (tertiary/aromatic N) is 1. The number of rotatable bonds is 4. The predicted molar refractivity (Wildman–Crippen MR) is 107 cm³/mol. The van der Waals surface area contributed by atoms with Crippen LogP contribution in [0.5, 0.6) is 0 Å². The average molecular weight is 407 g/mol. The summed E-state index contributed by atoms with van der Waals surface area (Å²) in [5, 5.41) is 29.4. The van der Waals surface area contributed by atoms with E-state index in [1.807, 2.05) is 12.1 Å². The maximum Gasteiger partial charge on any atom is 0.328 e. The smallest absolute Gasteiger partial charge is 0.328 e. The molecular formula is C20H26N2O5S. The van der Waals surface area contributed by atoms with E-state index >= 15 is 0 Å². The van der Waals surface area contributed by atoms with E-state index in [0.717, 1.165) is 5.56 Å². The fourth-order valence-corrected chi connectivity index (χ4v) is 3.51. The van der Waals surface area contributed by atoms with Gasteiger partial charge in [-0.1, -0.05) is 57.3 Å². The van der Waals surface area contributed by atoms with Gasteiger partial charge in [0.1, 0.15) is 23.0 Å². The third-order valence-corrected chi connectivity index (χ3v) is 5.41. The first kappa shape index (κ1) is 20.9. The Labute approximate surface area is 168 Å². The molecule has 2 aromatic rings. The van der Waals surface area contributed by atoms with E-state index in [1.165, 1.54) is 10.1 Å². The molecule has 28 heavy (non-hydrogen) atoms. The molecule has 0 amide bonds. The van der Waals surface area contributed by atoms with Crippen LogP contribution in [0, 0.1) is 4.64 Å². The van der Waals surface area contributed by atoms with Crippen molar-refractivity contribution >= 4 is 12.2 Å². The van der Waals surface area contributed by atoms with Crippen molar-refractivity contribution in [3.05, 3.63) is 62.3 Å². The van der Waals surface area contributed by atoms with E-state index in [1.54, 1.807) is 6.20 Å². The lowest BCUT2D eigenvalue weighted by Gasteiger charge is -2.20. The zero-order chi connectivity index (χ0) is 20.6. The highest BCUT2D eigenvalue weighted by Crippen LogP contribution is 2.28. The third-order valence-electron chi connectivity index (χ3n) is 5.05. The largest absolute Gasteiger partial charge is 0.394 e. The molecule has 2 unspecified atom stereocenters. The Bertz CT molecular complexity index is 945. The van der Waals surface area contributed by atoms with Gasteiger partial charge in [0.25, 0.3) is 0 Å². The van der Waals surface area contributed by atoms with Crippen LogP contribution in [-0.2, 0) is 16.6 Å². The molecule has 1 aromatic heterocycles. The molecule has 0 saturated carbocycles. The molecule has 2 heterocycles. The Hall–Kier alpha value is -1.84. The quantitative estimate of drug-likeness (QED) is 0.572. The van der Waals surface area contributed by atoms with Crippen molar-refractivity contribution in [2.24, 2.45) is 0 Å². The van der Waals surface area contributed by atoms with Gasteiger partial charge in [-0.25, -0.2) is 4.79 Å². The van der Waals surface area contributed by atoms with Crippen molar-refractivity contribution in [3.8, 4) is 0 Å². The van der Waals surface area contributed by atoms with E-state index in [9.17, 15) is 20.1 Å². The molecule has 1 saturated heterocycles. The number of aliphatic hydroxyl groups excluding tert-OH is 3. The van der Waals surface area contributed by atoms with Crippen LogP contribution in [0.1, 0.15) is 43.7 Å². The van der Waals surface area contributed by atoms with Gasteiger partial charge in [-0.05, 0) is 16.5 Å². The molecule has 1 fully saturated rings. The lowest BCUT2D eigenvalue weighted by Crippen LogP contribution is -2.36. The molecule has 0 spiro atoms. The first-order valence-electron chi connectivity index (χ1n) is 9.18. The molecule has 1 aliphatic heterocycles. The standard InChI is InChI=1S/C20H26N2O5S/c1-20(2,3)13-6-4-11(5-7-13)8-12-9-22(19(26)21-17(12)28)18-16(25)15(24)14(10-23)27-18/h4-7,9,14-16,18,23-25H,8,10H2,1-3H3,(H,21,26,28)/t14-,15?,16?,18-/m0/s1. The topological polar surface area (TPSA) is 108 Å². The average Bonchev–Trinajstić information content (AvgIpc) is 2.92. The van der Waals surface area contributed by atoms with E-state index in [4.69, 9.17) is 17.0 Å². The molecule has 4 atom stereocenters. The Kier molecular flexibility index (Phi) is 5.88. The van der Waals surface area contributed by atoms with Gasteiger partial charge >= 0.3 is 5.69 Å². The van der Waals surface area contributed by atoms with Gasteiger partial charge in [-0.15, -0.1) is 0 Å². The first-order valence-corrected chi connectivity index (χ1v) is 9.59. The minimum absolute atomic E-state index is 0.0583. The summed E-state index contributed by atoms with van der Waals surface area (Å²) >= 11 is 5.30. The number of hydrogen-bond donors (Lipinski definition) is 4. The fourth-order valence-electron chi connectivity index (χ4n) is 3.29. The second-order valence-corrected chi connectivity index (χ2v) is 8.58. The molecule has 4 N–H and O–H groups in total. The number of aliphatic hydroxyl groups is 3. The zero-order valence-corrected chi connectivity index (χ0v) is 16.9. The number of nitrogens with one attached hydrogen (secondary N) is 1. The first-order chi connectivity index (χ1) is 13.1. The van der Waals surface area contributed by atoms with Crippen molar-refractivity contribution in [2.45, 2.75) is 57.1 Å². The van der Waals surface area contributed by atoms with Crippen LogP contribution in [0.2, 0.25) is 0 Å². The van der Waals surface area contributed by atoms with Crippen LogP contribution in [0.4, 0.5) is 0 Å². The Morgan fingerprint density at radius 2 is 1.82 bits per heavy atom. The van der Waals surface area contributed by atoms with Gasteiger partial charge < -0.3 is 20.1 Å². The molecule has 152 valence electrons. The molecule has 8 heteroatoms. The maximum atomic E-state index is 12.3. The second kappa shape index (κ2) is 7.88. The molecule has 3 rings (SSSR count). The summed E-state index contributed by atoms with van der Waals surface area (Å²) in [6.07, 6.45) is -2.64. The van der Waals surface area contributed by atoms with Crippen LogP contribution in [-0.4, -0.2) is 49.8 Å². The summed E-state index contributed by atoms with van der Waals surface area (Å²) in [6, 6.07) is 8.20. The Balaban J connectivity index is 1.90. The van der Waals surface area contributed by atoms with Crippen LogP contribution in [0.15, 0.2) is 35.3 Å². The third kappa shape index (κ3) is 4.11. The summed E-state index contributed by atoms with van der Waals surface area (Å²) in [6.45, 7) is 5.98. The SMILES string of the molecule is CC(C)(C)c1ccc(Cc2cn([C@H]3O[C@@H](CO)C(O)C3O)c(=O)[nH]c2=S)cc1. The van der Waals surface area contributed by atoms with Gasteiger partial charge in [-0.3, -0.25) is 9.55 Å². The monoisotopic (exact) mass is 406 g/mol. The minimum Gasteiger partial charge on any atom is -0.394 e. The van der Waals surface area contributed by atoms with E-state index in [-0.39, 0.29) is 5.41 Å². The summed E-state index contributed by atoms with van der Waals surface area (Å²) in [4.78, 5) is 14.9. The summed E-state index contributed by atoms with van der Waals surface area (Å²) in [7, 11) is 0. The van der Waals surface area contributed by atoms with Crippen molar-refractivity contribution in [3.63, 3.8) is 0 Å². The van der Waals surface area contributed by atoms with Crippen LogP contribution in [0.3, 0.4) is 0 Å². The number of benzene rings is 1. The molecule has 0 aliphatic carbocycles. The van der Waals surface area contributed by atoms with Gasteiger partial charge in [0.15, 0.2) is 6.23 Å². The van der Waals surface area contributed by atoms with Gasteiger partial charge in [0, 0.05) is 18.2 Å². The predicted octanol–water partition coefficient (Wildman–Crippen LogP) is 1.41. The van der Waals surface area contributed by atoms with Crippen molar-refractivity contribution < 1.29 is 20.1 Å². The normalized spacial score (nSPS) is 25.2.